The Balaban J connectivity index is 2.46. The van der Waals surface area contributed by atoms with E-state index >= 15 is 0 Å². The van der Waals surface area contributed by atoms with Crippen molar-refractivity contribution in [3.63, 3.8) is 0 Å². The monoisotopic (exact) mass is 183 g/mol. The number of rotatable bonds is 3. The number of nitrogens with zero attached hydrogens (tertiary/aromatic N) is 3. The molecule has 1 aromatic heterocycles. The molecule has 72 valence electrons. The molecule has 0 saturated carbocycles. The molecule has 0 saturated heterocycles. The number of aromatic nitrogens is 2. The van der Waals surface area contributed by atoms with Gasteiger partial charge >= 0.3 is 0 Å². The van der Waals surface area contributed by atoms with E-state index in [0.717, 1.165) is 0 Å². The Hall–Kier alpha value is -1.56. The Kier molecular flexibility index (Phi) is 3.27. The summed E-state index contributed by atoms with van der Waals surface area (Å²) in [6, 6.07) is 1.81. The fraction of sp³-hybridized carbons (Fsp3) is 0.429. The first kappa shape index (κ1) is 9.53. The van der Waals surface area contributed by atoms with Crippen molar-refractivity contribution >= 4 is 5.96 Å². The normalized spacial score (nSPS) is 14.2. The molecule has 0 fully saturated rings. The lowest BCUT2D eigenvalue weighted by atomic mass is 10.3. The molecule has 1 aromatic rings. The highest BCUT2D eigenvalue weighted by Gasteiger charge is 2.01. The molecular weight excluding hydrogens is 170 g/mol. The minimum atomic E-state index is -0.0282. The maximum Gasteiger partial charge on any atom is 0.213 e. The predicted octanol–water partition coefficient (Wildman–Crippen LogP) is -0.435. The van der Waals surface area contributed by atoms with Gasteiger partial charge in [-0.15, -0.1) is 0 Å². The van der Waals surface area contributed by atoms with Crippen LogP contribution >= 0.6 is 0 Å². The molecule has 0 amide bonds. The van der Waals surface area contributed by atoms with E-state index in [1.807, 2.05) is 19.2 Å². The van der Waals surface area contributed by atoms with Crippen LogP contribution in [0.4, 0.5) is 0 Å². The van der Waals surface area contributed by atoms with Crippen LogP contribution in [0, 0.1) is 0 Å². The molecule has 0 radical (unpaired) electrons. The van der Waals surface area contributed by atoms with Crippen LogP contribution < -0.4 is 11.2 Å². The topological polar surface area (TPSA) is 88.5 Å². The van der Waals surface area contributed by atoms with Crippen LogP contribution in [0.3, 0.4) is 0 Å². The Morgan fingerprint density at radius 2 is 2.62 bits per heavy atom. The largest absolute Gasteiger partial charge is 0.368 e. The SMILES string of the molecule is CC(Cn1cccn1)N=C(N)NO. The van der Waals surface area contributed by atoms with Gasteiger partial charge in [-0.1, -0.05) is 0 Å². The van der Waals surface area contributed by atoms with Crippen LogP contribution in [0.25, 0.3) is 0 Å². The molecular formula is C7H13N5O. The van der Waals surface area contributed by atoms with Gasteiger partial charge in [0.1, 0.15) is 0 Å². The van der Waals surface area contributed by atoms with Crippen molar-refractivity contribution in [1.29, 1.82) is 0 Å². The molecule has 1 rings (SSSR count). The van der Waals surface area contributed by atoms with E-state index in [4.69, 9.17) is 10.9 Å². The number of aliphatic imine (C=N–C) groups is 1. The highest BCUT2D eigenvalue weighted by atomic mass is 16.5. The van der Waals surface area contributed by atoms with Crippen LogP contribution in [0.1, 0.15) is 6.92 Å². The van der Waals surface area contributed by atoms with Crippen molar-refractivity contribution in [2.75, 3.05) is 0 Å². The second-order valence-electron chi connectivity index (χ2n) is 2.70. The Morgan fingerprint density at radius 3 is 3.15 bits per heavy atom. The van der Waals surface area contributed by atoms with Crippen LogP contribution in [-0.4, -0.2) is 27.0 Å². The predicted molar refractivity (Wildman–Crippen MR) is 48.2 cm³/mol. The van der Waals surface area contributed by atoms with Crippen molar-refractivity contribution in [2.24, 2.45) is 10.7 Å². The first-order chi connectivity index (χ1) is 6.22. The number of hydroxylamine groups is 1. The summed E-state index contributed by atoms with van der Waals surface area (Å²) in [6.45, 7) is 2.52. The summed E-state index contributed by atoms with van der Waals surface area (Å²) in [7, 11) is 0. The molecule has 0 aliphatic rings. The van der Waals surface area contributed by atoms with E-state index in [9.17, 15) is 0 Å². The van der Waals surface area contributed by atoms with E-state index < -0.39 is 0 Å². The fourth-order valence-electron chi connectivity index (χ4n) is 0.986. The zero-order chi connectivity index (χ0) is 9.68. The summed E-state index contributed by atoms with van der Waals surface area (Å²) >= 11 is 0. The first-order valence-electron chi connectivity index (χ1n) is 3.93. The molecule has 4 N–H and O–H groups in total. The van der Waals surface area contributed by atoms with E-state index in [1.54, 1.807) is 16.4 Å². The molecule has 0 spiro atoms. The van der Waals surface area contributed by atoms with Gasteiger partial charge in [0.15, 0.2) is 0 Å². The second-order valence-corrected chi connectivity index (χ2v) is 2.70. The highest BCUT2D eigenvalue weighted by Crippen LogP contribution is 1.94. The lowest BCUT2D eigenvalue weighted by Gasteiger charge is -2.07. The lowest BCUT2D eigenvalue weighted by molar-refractivity contribution is 0.232. The van der Waals surface area contributed by atoms with Gasteiger partial charge in [0.2, 0.25) is 5.96 Å². The molecule has 1 heterocycles. The van der Waals surface area contributed by atoms with Gasteiger partial charge in [-0.3, -0.25) is 9.89 Å². The minimum Gasteiger partial charge on any atom is -0.368 e. The van der Waals surface area contributed by atoms with Gasteiger partial charge in [0, 0.05) is 12.4 Å². The number of nitrogens with two attached hydrogens (primary N) is 1. The number of guanidine groups is 1. The number of hydrogen-bond donors (Lipinski definition) is 3. The number of hydrogen-bond acceptors (Lipinski definition) is 3. The minimum absolute atomic E-state index is 0.0136. The summed E-state index contributed by atoms with van der Waals surface area (Å²) in [4.78, 5) is 3.94. The van der Waals surface area contributed by atoms with Gasteiger partial charge in [-0.25, -0.2) is 10.5 Å². The fourth-order valence-corrected chi connectivity index (χ4v) is 0.986. The second kappa shape index (κ2) is 4.46. The van der Waals surface area contributed by atoms with Crippen LogP contribution in [-0.2, 0) is 6.54 Å². The average molecular weight is 183 g/mol. The summed E-state index contributed by atoms with van der Waals surface area (Å²) in [5.41, 5.74) is 7.04. The smallest absolute Gasteiger partial charge is 0.213 e. The molecule has 6 heteroatoms. The van der Waals surface area contributed by atoms with Crippen molar-refractivity contribution in [3.8, 4) is 0 Å². The summed E-state index contributed by atoms with van der Waals surface area (Å²) in [5.74, 6) is 0.0136. The molecule has 13 heavy (non-hydrogen) atoms. The zero-order valence-electron chi connectivity index (χ0n) is 7.38. The zero-order valence-corrected chi connectivity index (χ0v) is 7.38. The average Bonchev–Trinajstić information content (AvgIpc) is 2.56. The van der Waals surface area contributed by atoms with Gasteiger partial charge < -0.3 is 5.73 Å². The van der Waals surface area contributed by atoms with Gasteiger partial charge in [0.25, 0.3) is 0 Å². The summed E-state index contributed by atoms with van der Waals surface area (Å²) < 4.78 is 1.75. The van der Waals surface area contributed by atoms with Crippen molar-refractivity contribution in [1.82, 2.24) is 15.3 Å². The Morgan fingerprint density at radius 1 is 1.85 bits per heavy atom. The third kappa shape index (κ3) is 3.12. The van der Waals surface area contributed by atoms with E-state index in [2.05, 4.69) is 10.1 Å². The molecule has 6 nitrogen and oxygen atoms in total. The van der Waals surface area contributed by atoms with E-state index in [0.29, 0.717) is 6.54 Å². The number of nitrogens with one attached hydrogen (secondary N) is 1. The van der Waals surface area contributed by atoms with Crippen LogP contribution in [0.2, 0.25) is 0 Å². The van der Waals surface area contributed by atoms with Gasteiger partial charge in [-0.05, 0) is 13.0 Å². The molecule has 0 bridgehead atoms. The highest BCUT2D eigenvalue weighted by molar-refractivity contribution is 5.76. The first-order valence-corrected chi connectivity index (χ1v) is 3.93. The molecule has 1 atom stereocenters. The lowest BCUT2D eigenvalue weighted by Crippen LogP contribution is -2.30. The Labute approximate surface area is 76.0 Å². The van der Waals surface area contributed by atoms with Crippen molar-refractivity contribution in [3.05, 3.63) is 18.5 Å². The standard InChI is InChI=1S/C7H13N5O/c1-6(10-7(8)11-13)5-12-4-2-3-9-12/h2-4,6,13H,5H2,1H3,(H3,8,10,11). The van der Waals surface area contributed by atoms with Gasteiger partial charge in [0.05, 0.1) is 12.6 Å². The molecule has 0 aliphatic heterocycles. The van der Waals surface area contributed by atoms with Crippen molar-refractivity contribution < 1.29 is 5.21 Å². The maximum absolute atomic E-state index is 8.38. The van der Waals surface area contributed by atoms with Crippen LogP contribution in [0.5, 0.6) is 0 Å². The van der Waals surface area contributed by atoms with Gasteiger partial charge in [-0.2, -0.15) is 5.10 Å². The maximum atomic E-state index is 8.38. The van der Waals surface area contributed by atoms with E-state index in [1.165, 1.54) is 0 Å². The molecule has 1 unspecified atom stereocenters. The molecule has 0 aromatic carbocycles. The third-order valence-corrected chi connectivity index (χ3v) is 1.48. The summed E-state index contributed by atoms with van der Waals surface area (Å²) in [5, 5.41) is 12.4. The summed E-state index contributed by atoms with van der Waals surface area (Å²) in [6.07, 6.45) is 3.54. The Bertz CT molecular complexity index is 268. The van der Waals surface area contributed by atoms with Crippen molar-refractivity contribution in [2.45, 2.75) is 19.5 Å². The third-order valence-electron chi connectivity index (χ3n) is 1.48. The van der Waals surface area contributed by atoms with Crippen LogP contribution in [0.15, 0.2) is 23.5 Å². The quantitative estimate of drug-likeness (QED) is 0.337. The molecule has 0 aliphatic carbocycles. The van der Waals surface area contributed by atoms with E-state index in [-0.39, 0.29) is 12.0 Å².